The van der Waals surface area contributed by atoms with Crippen LogP contribution in [0.1, 0.15) is 5.56 Å². The minimum atomic E-state index is 0.492. The summed E-state index contributed by atoms with van der Waals surface area (Å²) in [5, 5.41) is 4.23. The van der Waals surface area contributed by atoms with Crippen LogP contribution in [0.4, 0.5) is 0 Å². The molecule has 1 aromatic carbocycles. The number of hydrogen-bond acceptors (Lipinski definition) is 3. The van der Waals surface area contributed by atoms with Gasteiger partial charge in [-0.15, -0.1) is 0 Å². The van der Waals surface area contributed by atoms with E-state index < -0.39 is 0 Å². The molecule has 0 saturated heterocycles. The second kappa shape index (κ2) is 5.88. The fourth-order valence-electron chi connectivity index (χ4n) is 1.79. The number of halogens is 1. The quantitative estimate of drug-likeness (QED) is 0.734. The van der Waals surface area contributed by atoms with E-state index in [0.717, 1.165) is 15.9 Å². The third kappa shape index (κ3) is 2.88. The summed E-state index contributed by atoms with van der Waals surface area (Å²) in [6.45, 7) is 0.492. The summed E-state index contributed by atoms with van der Waals surface area (Å²) in [4.78, 5) is 4.26. The lowest BCUT2D eigenvalue weighted by Gasteiger charge is -2.08. The van der Waals surface area contributed by atoms with Crippen LogP contribution >= 0.6 is 15.9 Å². The van der Waals surface area contributed by atoms with Crippen LogP contribution in [0.25, 0.3) is 5.82 Å². The van der Waals surface area contributed by atoms with Gasteiger partial charge in [0.2, 0.25) is 5.88 Å². The Kier molecular flexibility index (Phi) is 3.78. The molecular formula is C15H12BrN3O. The van der Waals surface area contributed by atoms with Gasteiger partial charge in [0.25, 0.3) is 0 Å². The maximum Gasteiger partial charge on any atom is 0.218 e. The van der Waals surface area contributed by atoms with Crippen LogP contribution in [0.3, 0.4) is 0 Å². The molecule has 20 heavy (non-hydrogen) atoms. The number of rotatable bonds is 4. The summed E-state index contributed by atoms with van der Waals surface area (Å²) in [5.41, 5.74) is 1.10. The highest BCUT2D eigenvalue weighted by Gasteiger charge is 2.06. The Balaban J connectivity index is 1.76. The Hall–Kier alpha value is -2.14. The average molecular weight is 330 g/mol. The van der Waals surface area contributed by atoms with Crippen LogP contribution in [-0.4, -0.2) is 14.8 Å². The largest absolute Gasteiger partial charge is 0.473 e. The zero-order chi connectivity index (χ0) is 13.8. The van der Waals surface area contributed by atoms with Gasteiger partial charge in [-0.2, -0.15) is 9.78 Å². The Bertz CT molecular complexity index is 680. The van der Waals surface area contributed by atoms with Crippen LogP contribution in [0.15, 0.2) is 65.4 Å². The van der Waals surface area contributed by atoms with Gasteiger partial charge in [0.15, 0.2) is 5.82 Å². The van der Waals surface area contributed by atoms with Crippen LogP contribution in [0, 0.1) is 0 Å². The van der Waals surface area contributed by atoms with Gasteiger partial charge in [-0.25, -0.2) is 4.98 Å². The fraction of sp³-hybridized carbons (Fsp3) is 0.0667. The first-order valence-corrected chi connectivity index (χ1v) is 6.95. The van der Waals surface area contributed by atoms with E-state index in [-0.39, 0.29) is 0 Å². The third-order valence-corrected chi connectivity index (χ3v) is 3.30. The molecule has 0 unspecified atom stereocenters. The molecule has 0 atom stereocenters. The van der Waals surface area contributed by atoms with E-state index in [4.69, 9.17) is 4.74 Å². The molecule has 3 aromatic rings. The zero-order valence-corrected chi connectivity index (χ0v) is 12.2. The summed E-state index contributed by atoms with van der Waals surface area (Å²) in [6, 6.07) is 15.5. The van der Waals surface area contributed by atoms with E-state index in [1.165, 1.54) is 0 Å². The van der Waals surface area contributed by atoms with Gasteiger partial charge in [-0.1, -0.05) is 34.1 Å². The van der Waals surface area contributed by atoms with Crippen molar-refractivity contribution in [1.29, 1.82) is 0 Å². The van der Waals surface area contributed by atoms with Crippen molar-refractivity contribution < 1.29 is 4.74 Å². The first kappa shape index (κ1) is 12.9. The van der Waals surface area contributed by atoms with Crippen molar-refractivity contribution in [2.45, 2.75) is 6.61 Å². The first-order chi connectivity index (χ1) is 9.83. The van der Waals surface area contributed by atoms with Crippen molar-refractivity contribution in [2.24, 2.45) is 0 Å². The summed E-state index contributed by atoms with van der Waals surface area (Å²) >= 11 is 3.41. The molecule has 100 valence electrons. The molecule has 5 heteroatoms. The van der Waals surface area contributed by atoms with Crippen LogP contribution < -0.4 is 4.74 Å². The van der Waals surface area contributed by atoms with Gasteiger partial charge >= 0.3 is 0 Å². The minimum absolute atomic E-state index is 0.492. The molecule has 0 saturated carbocycles. The molecule has 0 fully saturated rings. The van der Waals surface area contributed by atoms with Gasteiger partial charge in [-0.05, 0) is 29.8 Å². The second-order valence-corrected chi connectivity index (χ2v) is 5.10. The molecule has 2 heterocycles. The number of aromatic nitrogens is 3. The van der Waals surface area contributed by atoms with Gasteiger partial charge in [-0.3, -0.25) is 0 Å². The topological polar surface area (TPSA) is 39.9 Å². The van der Waals surface area contributed by atoms with Gasteiger partial charge in [0, 0.05) is 16.7 Å². The summed E-state index contributed by atoms with van der Waals surface area (Å²) < 4.78 is 8.54. The third-order valence-electron chi connectivity index (χ3n) is 2.77. The maximum atomic E-state index is 5.80. The molecule has 4 nitrogen and oxygen atoms in total. The zero-order valence-electron chi connectivity index (χ0n) is 10.6. The Labute approximate surface area is 125 Å². The van der Waals surface area contributed by atoms with Crippen molar-refractivity contribution in [1.82, 2.24) is 14.8 Å². The lowest BCUT2D eigenvalue weighted by molar-refractivity contribution is 0.284. The van der Waals surface area contributed by atoms with E-state index in [1.54, 1.807) is 17.1 Å². The molecule has 0 aliphatic heterocycles. The monoisotopic (exact) mass is 329 g/mol. The molecule has 0 spiro atoms. The molecule has 0 N–H and O–H groups in total. The Morgan fingerprint density at radius 3 is 2.60 bits per heavy atom. The molecular weight excluding hydrogens is 318 g/mol. The molecule has 0 amide bonds. The first-order valence-electron chi connectivity index (χ1n) is 6.15. The lowest BCUT2D eigenvalue weighted by atomic mass is 10.2. The molecule has 0 bridgehead atoms. The van der Waals surface area contributed by atoms with Crippen molar-refractivity contribution in [3.8, 4) is 11.7 Å². The van der Waals surface area contributed by atoms with E-state index in [0.29, 0.717) is 12.5 Å². The van der Waals surface area contributed by atoms with Gasteiger partial charge in [0.1, 0.15) is 6.61 Å². The molecule has 2 aromatic heterocycles. The SMILES string of the molecule is Brc1ccc(COc2ccnn2-c2ccccn2)cc1. The fourth-order valence-corrected chi connectivity index (χ4v) is 2.05. The Morgan fingerprint density at radius 1 is 1.00 bits per heavy atom. The molecule has 0 aliphatic carbocycles. The predicted molar refractivity (Wildman–Crippen MR) is 79.8 cm³/mol. The van der Waals surface area contributed by atoms with Crippen molar-refractivity contribution in [3.63, 3.8) is 0 Å². The molecule has 0 radical (unpaired) electrons. The highest BCUT2D eigenvalue weighted by Crippen LogP contribution is 2.17. The number of hydrogen-bond donors (Lipinski definition) is 0. The predicted octanol–water partition coefficient (Wildman–Crippen LogP) is 3.61. The highest BCUT2D eigenvalue weighted by atomic mass is 79.9. The van der Waals surface area contributed by atoms with E-state index >= 15 is 0 Å². The van der Waals surface area contributed by atoms with Crippen molar-refractivity contribution in [3.05, 3.63) is 71.0 Å². The summed E-state index contributed by atoms with van der Waals surface area (Å²) in [6.07, 6.45) is 3.43. The smallest absolute Gasteiger partial charge is 0.218 e. The maximum absolute atomic E-state index is 5.80. The van der Waals surface area contributed by atoms with E-state index in [1.807, 2.05) is 48.5 Å². The van der Waals surface area contributed by atoms with Gasteiger partial charge < -0.3 is 4.74 Å². The second-order valence-electron chi connectivity index (χ2n) is 4.18. The Morgan fingerprint density at radius 2 is 1.85 bits per heavy atom. The number of benzene rings is 1. The number of ether oxygens (including phenoxy) is 1. The highest BCUT2D eigenvalue weighted by molar-refractivity contribution is 9.10. The van der Waals surface area contributed by atoms with Crippen LogP contribution in [0.5, 0.6) is 5.88 Å². The number of pyridine rings is 1. The minimum Gasteiger partial charge on any atom is -0.473 e. The summed E-state index contributed by atoms with van der Waals surface area (Å²) in [5.74, 6) is 1.41. The van der Waals surface area contributed by atoms with E-state index in [2.05, 4.69) is 26.0 Å². The van der Waals surface area contributed by atoms with E-state index in [9.17, 15) is 0 Å². The van der Waals surface area contributed by atoms with Crippen LogP contribution in [0.2, 0.25) is 0 Å². The van der Waals surface area contributed by atoms with Crippen molar-refractivity contribution in [2.75, 3.05) is 0 Å². The molecule has 3 rings (SSSR count). The van der Waals surface area contributed by atoms with Crippen LogP contribution in [-0.2, 0) is 6.61 Å². The van der Waals surface area contributed by atoms with Crippen molar-refractivity contribution >= 4 is 15.9 Å². The number of nitrogens with zero attached hydrogens (tertiary/aromatic N) is 3. The normalized spacial score (nSPS) is 10.4. The molecule has 0 aliphatic rings. The lowest BCUT2D eigenvalue weighted by Crippen LogP contribution is -2.04. The average Bonchev–Trinajstić information content (AvgIpc) is 2.96. The van der Waals surface area contributed by atoms with Gasteiger partial charge in [0.05, 0.1) is 6.20 Å². The summed E-state index contributed by atoms with van der Waals surface area (Å²) in [7, 11) is 0. The standard InChI is InChI=1S/C15H12BrN3O/c16-13-6-4-12(5-7-13)11-20-15-8-10-18-19(15)14-3-1-2-9-17-14/h1-10H,11H2.